The molecule has 12 aromatic rings. The van der Waals surface area contributed by atoms with Crippen molar-refractivity contribution < 1.29 is 0 Å². The van der Waals surface area contributed by atoms with E-state index < -0.39 is 0 Å². The average Bonchev–Trinajstić information content (AvgIpc) is 3.68. The molecule has 1 heteroatoms. The maximum absolute atomic E-state index is 2.37. The Morgan fingerprint density at radius 2 is 0.772 bits per heavy atom. The van der Waals surface area contributed by atoms with E-state index in [1.165, 1.54) is 119 Å². The summed E-state index contributed by atoms with van der Waals surface area (Å²) in [5.74, 6) is 0. The largest absolute Gasteiger partial charge is 0.135 e. The van der Waals surface area contributed by atoms with Crippen molar-refractivity contribution in [2.75, 3.05) is 0 Å². The predicted octanol–water partition coefficient (Wildman–Crippen LogP) is 16.5. The minimum absolute atomic E-state index is 1.21. The van der Waals surface area contributed by atoms with Crippen LogP contribution in [-0.2, 0) is 0 Å². The van der Waals surface area contributed by atoms with Gasteiger partial charge in [-0.25, -0.2) is 0 Å². The zero-order valence-electron chi connectivity index (χ0n) is 31.0. The molecule has 57 heavy (non-hydrogen) atoms. The van der Waals surface area contributed by atoms with Crippen molar-refractivity contribution in [3.05, 3.63) is 206 Å². The Kier molecular flexibility index (Phi) is 7.20. The fourth-order valence-corrected chi connectivity index (χ4v) is 10.8. The number of fused-ring (bicyclic) bond motifs is 10. The summed E-state index contributed by atoms with van der Waals surface area (Å²) in [6, 6.07) is 76.4. The van der Waals surface area contributed by atoms with Crippen LogP contribution in [0.4, 0.5) is 0 Å². The van der Waals surface area contributed by atoms with Crippen molar-refractivity contribution in [3.8, 4) is 44.5 Å². The highest BCUT2D eigenvalue weighted by Gasteiger charge is 2.20. The van der Waals surface area contributed by atoms with Crippen LogP contribution < -0.4 is 0 Å². The molecule has 0 aliphatic rings. The lowest BCUT2D eigenvalue weighted by molar-refractivity contribution is 1.60. The van der Waals surface area contributed by atoms with E-state index in [1.807, 2.05) is 11.3 Å². The molecule has 0 aliphatic carbocycles. The van der Waals surface area contributed by atoms with Gasteiger partial charge in [-0.1, -0.05) is 194 Å². The van der Waals surface area contributed by atoms with Gasteiger partial charge in [-0.05, 0) is 105 Å². The van der Waals surface area contributed by atoms with Crippen LogP contribution in [0.2, 0.25) is 0 Å². The maximum Gasteiger partial charge on any atom is 0.0434 e. The molecule has 11 aromatic carbocycles. The Hall–Kier alpha value is -7.06. The highest BCUT2D eigenvalue weighted by molar-refractivity contribution is 7.26. The first kappa shape index (κ1) is 32.2. The molecule has 0 bridgehead atoms. The van der Waals surface area contributed by atoms with Gasteiger partial charge in [0.15, 0.2) is 0 Å². The molecule has 0 unspecified atom stereocenters. The molecule has 12 rings (SSSR count). The second kappa shape index (κ2) is 12.7. The van der Waals surface area contributed by atoms with E-state index in [4.69, 9.17) is 0 Å². The Morgan fingerprint density at radius 1 is 0.263 bits per heavy atom. The van der Waals surface area contributed by atoms with Crippen molar-refractivity contribution in [2.24, 2.45) is 0 Å². The van der Waals surface area contributed by atoms with E-state index in [0.717, 1.165) is 0 Å². The van der Waals surface area contributed by atoms with E-state index in [1.54, 1.807) is 0 Å². The van der Waals surface area contributed by atoms with Crippen molar-refractivity contribution in [1.82, 2.24) is 0 Å². The van der Waals surface area contributed by atoms with Gasteiger partial charge in [0.2, 0.25) is 0 Å². The van der Waals surface area contributed by atoms with E-state index in [2.05, 4.69) is 206 Å². The van der Waals surface area contributed by atoms with Crippen LogP contribution >= 0.6 is 11.3 Å². The summed E-state index contributed by atoms with van der Waals surface area (Å²) in [5.41, 5.74) is 10.1. The van der Waals surface area contributed by atoms with Crippen LogP contribution in [0.5, 0.6) is 0 Å². The molecular weight excluding hydrogens is 705 g/mol. The number of thiophene rings is 1. The molecule has 264 valence electrons. The molecule has 0 atom stereocenters. The van der Waals surface area contributed by atoms with Gasteiger partial charge in [-0.15, -0.1) is 11.3 Å². The number of hydrogen-bond acceptors (Lipinski definition) is 1. The molecule has 1 aromatic heterocycles. The summed E-state index contributed by atoms with van der Waals surface area (Å²) in [5, 5.41) is 15.5. The predicted molar refractivity (Wildman–Crippen MR) is 249 cm³/mol. The Bertz CT molecular complexity index is 3510. The van der Waals surface area contributed by atoms with E-state index in [0.29, 0.717) is 0 Å². The third kappa shape index (κ3) is 4.93. The smallest absolute Gasteiger partial charge is 0.0434 e. The first-order valence-electron chi connectivity index (χ1n) is 19.7. The van der Waals surface area contributed by atoms with Gasteiger partial charge in [0, 0.05) is 25.7 Å². The Morgan fingerprint density at radius 3 is 1.49 bits per heavy atom. The first-order valence-corrected chi connectivity index (χ1v) is 20.5. The van der Waals surface area contributed by atoms with Crippen LogP contribution in [0.3, 0.4) is 0 Å². The molecule has 0 spiro atoms. The van der Waals surface area contributed by atoms with Crippen molar-refractivity contribution in [1.29, 1.82) is 0 Å². The quantitative estimate of drug-likeness (QED) is 0.125. The third-order valence-electron chi connectivity index (χ3n) is 12.1. The van der Waals surface area contributed by atoms with Crippen molar-refractivity contribution in [3.63, 3.8) is 0 Å². The summed E-state index contributed by atoms with van der Waals surface area (Å²) in [4.78, 5) is 0. The normalized spacial score (nSPS) is 11.9. The third-order valence-corrected chi connectivity index (χ3v) is 13.3. The molecule has 0 fully saturated rings. The van der Waals surface area contributed by atoms with Gasteiger partial charge in [-0.2, -0.15) is 0 Å². The molecule has 0 saturated heterocycles. The summed E-state index contributed by atoms with van der Waals surface area (Å²) < 4.78 is 2.67. The lowest BCUT2D eigenvalue weighted by atomic mass is 9.85. The van der Waals surface area contributed by atoms with Crippen LogP contribution in [0, 0.1) is 0 Å². The fourth-order valence-electron chi connectivity index (χ4n) is 9.56. The molecule has 0 saturated carbocycles. The lowest BCUT2D eigenvalue weighted by Crippen LogP contribution is -1.91. The Labute approximate surface area is 334 Å². The molecule has 0 N–H and O–H groups in total. The van der Waals surface area contributed by atoms with Gasteiger partial charge >= 0.3 is 0 Å². The second-order valence-corrected chi connectivity index (χ2v) is 16.2. The number of benzene rings is 11. The van der Waals surface area contributed by atoms with Gasteiger partial charge in [0.1, 0.15) is 0 Å². The minimum atomic E-state index is 1.21. The minimum Gasteiger partial charge on any atom is -0.135 e. The monoisotopic (exact) mass is 738 g/mol. The van der Waals surface area contributed by atoms with Gasteiger partial charge in [0.05, 0.1) is 0 Å². The molecule has 0 radical (unpaired) electrons. The number of hydrogen-bond donors (Lipinski definition) is 0. The molecule has 0 aliphatic heterocycles. The van der Waals surface area contributed by atoms with Crippen LogP contribution in [0.1, 0.15) is 0 Å². The zero-order chi connectivity index (χ0) is 37.5. The van der Waals surface area contributed by atoms with Crippen molar-refractivity contribution >= 4 is 85.4 Å². The van der Waals surface area contributed by atoms with Crippen LogP contribution in [0.15, 0.2) is 206 Å². The lowest BCUT2D eigenvalue weighted by Gasteiger charge is -2.19. The second-order valence-electron chi connectivity index (χ2n) is 15.1. The standard InChI is InChI=1S/C56H34S/c1-4-18-41-35(14-1)32-33-52-55(41)50-27-13-26-49(56(50)57-52)54-47-24-11-9-22-45(47)53(46-23-10-12-25-48(46)54)37-30-28-36(29-31-37)39-16-5-6-20-43(39)51-34-38-15-2-3-17-40(38)42-19-7-8-21-44(42)51/h1-34H. The van der Waals surface area contributed by atoms with Gasteiger partial charge in [-0.3, -0.25) is 0 Å². The SMILES string of the molecule is c1ccc(-c2cc3ccccc3c3ccccc23)c(-c2ccc(-c3c4ccccc4c(-c4cccc5c4sc4ccc6ccccc6c45)c4ccccc34)cc2)c1. The topological polar surface area (TPSA) is 0 Å². The molecule has 1 heterocycles. The average molecular weight is 739 g/mol. The summed E-state index contributed by atoms with van der Waals surface area (Å²) >= 11 is 1.92. The highest BCUT2D eigenvalue weighted by atomic mass is 32.1. The fraction of sp³-hybridized carbons (Fsp3) is 0. The number of rotatable bonds is 4. The zero-order valence-corrected chi connectivity index (χ0v) is 31.9. The van der Waals surface area contributed by atoms with Crippen molar-refractivity contribution in [2.45, 2.75) is 0 Å². The molecule has 0 amide bonds. The highest BCUT2D eigenvalue weighted by Crippen LogP contribution is 2.49. The Balaban J connectivity index is 1.04. The summed E-state index contributed by atoms with van der Waals surface area (Å²) in [6.45, 7) is 0. The van der Waals surface area contributed by atoms with E-state index in [-0.39, 0.29) is 0 Å². The van der Waals surface area contributed by atoms with Gasteiger partial charge < -0.3 is 0 Å². The summed E-state index contributed by atoms with van der Waals surface area (Å²) in [6.07, 6.45) is 0. The first-order chi connectivity index (χ1) is 28.3. The van der Waals surface area contributed by atoms with E-state index in [9.17, 15) is 0 Å². The van der Waals surface area contributed by atoms with Crippen LogP contribution in [-0.4, -0.2) is 0 Å². The van der Waals surface area contributed by atoms with E-state index >= 15 is 0 Å². The maximum atomic E-state index is 2.37. The molecule has 0 nitrogen and oxygen atoms in total. The van der Waals surface area contributed by atoms with Gasteiger partial charge in [0.25, 0.3) is 0 Å². The van der Waals surface area contributed by atoms with Crippen LogP contribution in [0.25, 0.3) is 119 Å². The molecular formula is C56H34S. The summed E-state index contributed by atoms with van der Waals surface area (Å²) in [7, 11) is 0.